The Labute approximate surface area is 149 Å². The molecule has 5 nitrogen and oxygen atoms in total. The number of nitrogens with zero attached hydrogens (tertiary/aromatic N) is 3. The minimum atomic E-state index is -0.236. The first-order chi connectivity index (χ1) is 12.3. The maximum Gasteiger partial charge on any atom is 0.188 e. The van der Waals surface area contributed by atoms with Gasteiger partial charge in [-0.2, -0.15) is 0 Å². The standard InChI is InChI=1S/C18H18FN5S/c19-14-3-1-13(2-4-14)16-12-22-18(25-16)23-17-11-15(5-6-21-17)24-9-7-20-8-10-24/h1-6,11-12,20H,7-10H2,(H,21,22,23). The fourth-order valence-corrected chi connectivity index (χ4v) is 3.63. The van der Waals surface area contributed by atoms with Gasteiger partial charge in [-0.05, 0) is 23.8 Å². The van der Waals surface area contributed by atoms with Crippen molar-refractivity contribution in [1.29, 1.82) is 0 Å². The summed E-state index contributed by atoms with van der Waals surface area (Å²) < 4.78 is 13.0. The van der Waals surface area contributed by atoms with Crippen LogP contribution >= 0.6 is 11.3 Å². The van der Waals surface area contributed by atoms with E-state index in [9.17, 15) is 4.39 Å². The molecule has 2 aromatic heterocycles. The summed E-state index contributed by atoms with van der Waals surface area (Å²) in [6.45, 7) is 3.99. The van der Waals surface area contributed by atoms with E-state index in [4.69, 9.17) is 0 Å². The number of pyridine rings is 1. The first-order valence-corrected chi connectivity index (χ1v) is 9.00. The van der Waals surface area contributed by atoms with Gasteiger partial charge in [-0.3, -0.25) is 0 Å². The highest BCUT2D eigenvalue weighted by Crippen LogP contribution is 2.31. The molecular formula is C18H18FN5S. The summed E-state index contributed by atoms with van der Waals surface area (Å²) in [6, 6.07) is 10.5. The van der Waals surface area contributed by atoms with Crippen LogP contribution in [0.25, 0.3) is 10.4 Å². The Bertz CT molecular complexity index is 843. The Morgan fingerprint density at radius 3 is 2.68 bits per heavy atom. The molecule has 0 atom stereocenters. The predicted molar refractivity (Wildman–Crippen MR) is 100 cm³/mol. The van der Waals surface area contributed by atoms with Gasteiger partial charge in [0.15, 0.2) is 5.13 Å². The van der Waals surface area contributed by atoms with Crippen LogP contribution in [0.2, 0.25) is 0 Å². The number of hydrogen-bond acceptors (Lipinski definition) is 6. The lowest BCUT2D eigenvalue weighted by Crippen LogP contribution is -2.43. The molecule has 25 heavy (non-hydrogen) atoms. The van der Waals surface area contributed by atoms with Gasteiger partial charge in [-0.25, -0.2) is 14.4 Å². The Hall–Kier alpha value is -2.51. The van der Waals surface area contributed by atoms with Crippen molar-refractivity contribution >= 4 is 28.0 Å². The first kappa shape index (κ1) is 16.0. The number of thiazole rings is 1. The van der Waals surface area contributed by atoms with E-state index >= 15 is 0 Å². The van der Waals surface area contributed by atoms with Gasteiger partial charge in [-0.1, -0.05) is 23.5 Å². The highest BCUT2D eigenvalue weighted by Gasteiger charge is 2.12. The van der Waals surface area contributed by atoms with E-state index in [0.29, 0.717) is 0 Å². The Morgan fingerprint density at radius 2 is 1.88 bits per heavy atom. The van der Waals surface area contributed by atoms with Crippen molar-refractivity contribution in [2.75, 3.05) is 36.4 Å². The zero-order valence-electron chi connectivity index (χ0n) is 13.6. The lowest BCUT2D eigenvalue weighted by molar-refractivity contribution is 0.589. The molecule has 3 heterocycles. The second-order valence-electron chi connectivity index (χ2n) is 5.80. The molecule has 1 aromatic carbocycles. The largest absolute Gasteiger partial charge is 0.369 e. The normalized spacial score (nSPS) is 14.5. The van der Waals surface area contributed by atoms with Crippen LogP contribution in [0.15, 0.2) is 48.8 Å². The molecule has 0 spiro atoms. The quantitative estimate of drug-likeness (QED) is 0.750. The lowest BCUT2D eigenvalue weighted by Gasteiger charge is -2.29. The molecule has 0 aliphatic carbocycles. The first-order valence-electron chi connectivity index (χ1n) is 8.18. The molecule has 1 saturated heterocycles. The predicted octanol–water partition coefficient (Wildman–Crippen LogP) is 3.50. The number of nitrogens with one attached hydrogen (secondary N) is 2. The SMILES string of the molecule is Fc1ccc(-c2cnc(Nc3cc(N4CCNCC4)ccn3)s2)cc1. The number of hydrogen-bond donors (Lipinski definition) is 2. The zero-order valence-corrected chi connectivity index (χ0v) is 14.4. The molecule has 2 N–H and O–H groups in total. The minimum absolute atomic E-state index is 0.236. The van der Waals surface area contributed by atoms with Gasteiger partial charge in [-0.15, -0.1) is 0 Å². The summed E-state index contributed by atoms with van der Waals surface area (Å²) in [5.41, 5.74) is 2.11. The Balaban J connectivity index is 1.50. The van der Waals surface area contributed by atoms with Gasteiger partial charge < -0.3 is 15.5 Å². The van der Waals surface area contributed by atoms with E-state index in [-0.39, 0.29) is 5.82 Å². The molecule has 3 aromatic rings. The van der Waals surface area contributed by atoms with Crippen LogP contribution in [-0.2, 0) is 0 Å². The van der Waals surface area contributed by atoms with E-state index in [1.807, 2.05) is 18.3 Å². The summed E-state index contributed by atoms with van der Waals surface area (Å²) in [7, 11) is 0. The monoisotopic (exact) mass is 355 g/mol. The fraction of sp³-hybridized carbons (Fsp3) is 0.222. The summed E-state index contributed by atoms with van der Waals surface area (Å²) in [6.07, 6.45) is 3.61. The van der Waals surface area contributed by atoms with E-state index in [1.54, 1.807) is 18.3 Å². The van der Waals surface area contributed by atoms with Crippen LogP contribution in [0.1, 0.15) is 0 Å². The van der Waals surface area contributed by atoms with Gasteiger partial charge in [0.25, 0.3) is 0 Å². The summed E-state index contributed by atoms with van der Waals surface area (Å²) in [4.78, 5) is 12.1. The third-order valence-electron chi connectivity index (χ3n) is 4.10. The average molecular weight is 355 g/mol. The van der Waals surface area contributed by atoms with Crippen molar-refractivity contribution in [3.8, 4) is 10.4 Å². The topological polar surface area (TPSA) is 53.1 Å². The van der Waals surface area contributed by atoms with Crippen molar-refractivity contribution in [3.63, 3.8) is 0 Å². The average Bonchev–Trinajstić information content (AvgIpc) is 3.12. The van der Waals surface area contributed by atoms with Crippen LogP contribution in [-0.4, -0.2) is 36.1 Å². The molecule has 7 heteroatoms. The van der Waals surface area contributed by atoms with Gasteiger partial charge >= 0.3 is 0 Å². The maximum absolute atomic E-state index is 13.0. The molecule has 4 rings (SSSR count). The van der Waals surface area contributed by atoms with Crippen LogP contribution in [0.3, 0.4) is 0 Å². The lowest BCUT2D eigenvalue weighted by atomic mass is 10.2. The second kappa shape index (κ2) is 7.16. The number of rotatable bonds is 4. The van der Waals surface area contributed by atoms with E-state index in [2.05, 4.69) is 25.5 Å². The van der Waals surface area contributed by atoms with Crippen molar-refractivity contribution in [2.24, 2.45) is 0 Å². The number of benzene rings is 1. The second-order valence-corrected chi connectivity index (χ2v) is 6.83. The molecule has 0 radical (unpaired) electrons. The molecule has 1 aliphatic rings. The van der Waals surface area contributed by atoms with Crippen molar-refractivity contribution < 1.29 is 4.39 Å². The molecule has 0 amide bonds. The van der Waals surface area contributed by atoms with Crippen molar-refractivity contribution in [2.45, 2.75) is 0 Å². The Morgan fingerprint density at radius 1 is 1.08 bits per heavy atom. The maximum atomic E-state index is 13.0. The number of piperazine rings is 1. The summed E-state index contributed by atoms with van der Waals surface area (Å²) in [5.74, 6) is 0.539. The van der Waals surface area contributed by atoms with Crippen molar-refractivity contribution in [3.05, 3.63) is 54.6 Å². The zero-order chi connectivity index (χ0) is 17.1. The Kier molecular flexibility index (Phi) is 4.58. The number of halogens is 1. The molecule has 1 aliphatic heterocycles. The summed E-state index contributed by atoms with van der Waals surface area (Å²) >= 11 is 1.52. The summed E-state index contributed by atoms with van der Waals surface area (Å²) in [5, 5.41) is 7.39. The van der Waals surface area contributed by atoms with Crippen LogP contribution < -0.4 is 15.5 Å². The van der Waals surface area contributed by atoms with Crippen LogP contribution in [0.4, 0.5) is 21.0 Å². The highest BCUT2D eigenvalue weighted by atomic mass is 32.1. The molecule has 0 bridgehead atoms. The van der Waals surface area contributed by atoms with Crippen molar-refractivity contribution in [1.82, 2.24) is 15.3 Å². The van der Waals surface area contributed by atoms with Gasteiger partial charge in [0.2, 0.25) is 0 Å². The van der Waals surface area contributed by atoms with Gasteiger partial charge in [0.05, 0.1) is 4.88 Å². The van der Waals surface area contributed by atoms with Crippen LogP contribution in [0.5, 0.6) is 0 Å². The van der Waals surface area contributed by atoms with E-state index < -0.39 is 0 Å². The third kappa shape index (κ3) is 3.78. The van der Waals surface area contributed by atoms with Gasteiger partial charge in [0.1, 0.15) is 11.6 Å². The highest BCUT2D eigenvalue weighted by molar-refractivity contribution is 7.18. The van der Waals surface area contributed by atoms with E-state index in [1.165, 1.54) is 23.5 Å². The molecule has 1 fully saturated rings. The van der Waals surface area contributed by atoms with Gasteiger partial charge in [0, 0.05) is 50.3 Å². The van der Waals surface area contributed by atoms with Crippen LogP contribution in [0, 0.1) is 5.82 Å². The molecule has 0 unspecified atom stereocenters. The minimum Gasteiger partial charge on any atom is -0.369 e. The fourth-order valence-electron chi connectivity index (χ4n) is 2.80. The molecule has 0 saturated carbocycles. The smallest absolute Gasteiger partial charge is 0.188 e. The third-order valence-corrected chi connectivity index (χ3v) is 5.06. The van der Waals surface area contributed by atoms with E-state index in [0.717, 1.165) is 53.3 Å². The molecular weight excluding hydrogens is 337 g/mol. The number of anilines is 3. The number of aromatic nitrogens is 2. The molecule has 128 valence electrons.